The second kappa shape index (κ2) is 12.6. The van der Waals surface area contributed by atoms with Crippen LogP contribution in [0.2, 0.25) is 0 Å². The minimum absolute atomic E-state index is 0.0422. The molecule has 1 aromatic carbocycles. The Morgan fingerprint density at radius 3 is 2.57 bits per heavy atom. The summed E-state index contributed by atoms with van der Waals surface area (Å²) < 4.78 is 0. The Kier molecular flexibility index (Phi) is 9.57. The molecule has 0 radical (unpaired) electrons. The Morgan fingerprint density at radius 1 is 1.24 bits per heavy atom. The van der Waals surface area contributed by atoms with Crippen molar-refractivity contribution in [2.75, 3.05) is 42.3 Å². The number of amides is 2. The van der Waals surface area contributed by atoms with Crippen LogP contribution in [0.4, 0.5) is 17.3 Å². The minimum Gasteiger partial charge on any atom is -0.378 e. The summed E-state index contributed by atoms with van der Waals surface area (Å²) >= 11 is 4.53. The Bertz CT molecular complexity index is 1190. The summed E-state index contributed by atoms with van der Waals surface area (Å²) in [5, 5.41) is 6.75. The summed E-state index contributed by atoms with van der Waals surface area (Å²) in [7, 11) is 3.93. The van der Waals surface area contributed by atoms with Crippen LogP contribution in [0.1, 0.15) is 60.9 Å². The van der Waals surface area contributed by atoms with Crippen LogP contribution in [0.5, 0.6) is 0 Å². The van der Waals surface area contributed by atoms with Gasteiger partial charge < -0.3 is 26.2 Å². The van der Waals surface area contributed by atoms with E-state index >= 15 is 0 Å². The maximum Gasteiger partial charge on any atom is 0.271 e. The van der Waals surface area contributed by atoms with Crippen LogP contribution in [0.25, 0.3) is 0 Å². The SMILES string of the molecule is CCC(C)=C(C)/C=C(\S)Nc1nc(N2CCC[C@@H](NC(=O)c3ccc(N(C)C)cc3)C2)cnc1C(N)=O. The molecule has 0 bridgehead atoms. The van der Waals surface area contributed by atoms with Crippen molar-refractivity contribution >= 4 is 41.8 Å². The van der Waals surface area contributed by atoms with Crippen molar-refractivity contribution in [2.24, 2.45) is 5.73 Å². The number of benzene rings is 1. The number of nitrogens with one attached hydrogen (secondary N) is 2. The molecule has 0 spiro atoms. The summed E-state index contributed by atoms with van der Waals surface area (Å²) in [6, 6.07) is 7.47. The van der Waals surface area contributed by atoms with E-state index in [1.165, 1.54) is 5.57 Å². The molecule has 2 amide bonds. The van der Waals surface area contributed by atoms with Crippen molar-refractivity contribution in [1.29, 1.82) is 0 Å². The number of aromatic nitrogens is 2. The number of nitrogens with two attached hydrogens (primary N) is 1. The van der Waals surface area contributed by atoms with Crippen LogP contribution in [-0.4, -0.2) is 55.0 Å². The van der Waals surface area contributed by atoms with Crippen LogP contribution in [0.15, 0.2) is 52.7 Å². The summed E-state index contributed by atoms with van der Waals surface area (Å²) in [5.41, 5.74) is 9.56. The average molecular weight is 524 g/mol. The highest BCUT2D eigenvalue weighted by atomic mass is 32.1. The van der Waals surface area contributed by atoms with E-state index in [2.05, 4.69) is 52.0 Å². The van der Waals surface area contributed by atoms with E-state index in [1.807, 2.05) is 56.3 Å². The number of carbonyl (C=O) groups is 2. The lowest BCUT2D eigenvalue weighted by Crippen LogP contribution is -2.48. The lowest BCUT2D eigenvalue weighted by atomic mass is 10.0. The summed E-state index contributed by atoms with van der Waals surface area (Å²) in [4.78, 5) is 37.8. The smallest absolute Gasteiger partial charge is 0.271 e. The van der Waals surface area contributed by atoms with E-state index in [4.69, 9.17) is 5.73 Å². The van der Waals surface area contributed by atoms with Gasteiger partial charge in [0.1, 0.15) is 5.82 Å². The van der Waals surface area contributed by atoms with Gasteiger partial charge in [-0.1, -0.05) is 12.5 Å². The molecule has 0 unspecified atom stereocenters. The monoisotopic (exact) mass is 523 g/mol. The minimum atomic E-state index is -0.677. The first-order valence-corrected chi connectivity index (χ1v) is 12.9. The highest BCUT2D eigenvalue weighted by Gasteiger charge is 2.24. The van der Waals surface area contributed by atoms with Crippen molar-refractivity contribution in [3.05, 3.63) is 64.0 Å². The van der Waals surface area contributed by atoms with Gasteiger partial charge in [-0.15, -0.1) is 12.6 Å². The number of nitrogens with zero attached hydrogens (tertiary/aromatic N) is 4. The number of allylic oxidation sites excluding steroid dienone is 3. The number of anilines is 3. The molecule has 1 aliphatic rings. The molecule has 198 valence electrons. The van der Waals surface area contributed by atoms with Crippen molar-refractivity contribution in [3.63, 3.8) is 0 Å². The van der Waals surface area contributed by atoms with Gasteiger partial charge in [0.15, 0.2) is 11.5 Å². The van der Waals surface area contributed by atoms with Gasteiger partial charge in [0.05, 0.1) is 11.2 Å². The third kappa shape index (κ3) is 7.48. The molecule has 1 atom stereocenters. The summed E-state index contributed by atoms with van der Waals surface area (Å²) in [5.74, 6) is 0.0642. The third-order valence-electron chi connectivity index (χ3n) is 6.52. The van der Waals surface area contributed by atoms with Crippen LogP contribution in [0.3, 0.4) is 0 Å². The Balaban J connectivity index is 1.75. The van der Waals surface area contributed by atoms with E-state index in [0.29, 0.717) is 23.0 Å². The molecule has 3 rings (SSSR count). The van der Waals surface area contributed by atoms with Crippen molar-refractivity contribution in [2.45, 2.75) is 46.1 Å². The Morgan fingerprint density at radius 2 is 1.95 bits per heavy atom. The van der Waals surface area contributed by atoms with E-state index in [-0.39, 0.29) is 23.5 Å². The van der Waals surface area contributed by atoms with Gasteiger partial charge in [-0.3, -0.25) is 9.59 Å². The molecule has 2 heterocycles. The highest BCUT2D eigenvalue weighted by Crippen LogP contribution is 2.23. The quantitative estimate of drug-likeness (QED) is 0.290. The van der Waals surface area contributed by atoms with Crippen LogP contribution in [0, 0.1) is 0 Å². The maximum absolute atomic E-state index is 12.8. The molecule has 1 aromatic heterocycles. The lowest BCUT2D eigenvalue weighted by Gasteiger charge is -2.34. The largest absolute Gasteiger partial charge is 0.378 e. The van der Waals surface area contributed by atoms with E-state index < -0.39 is 5.91 Å². The Hall–Kier alpha value is -3.53. The molecule has 4 N–H and O–H groups in total. The van der Waals surface area contributed by atoms with Crippen molar-refractivity contribution in [1.82, 2.24) is 15.3 Å². The fourth-order valence-corrected chi connectivity index (χ4v) is 4.35. The van der Waals surface area contributed by atoms with E-state index in [9.17, 15) is 9.59 Å². The lowest BCUT2D eigenvalue weighted by molar-refractivity contribution is 0.0932. The molecule has 0 saturated carbocycles. The molecular formula is C27H37N7O2S. The maximum atomic E-state index is 12.8. The second-order valence-electron chi connectivity index (χ2n) is 9.46. The first-order chi connectivity index (χ1) is 17.6. The highest BCUT2D eigenvalue weighted by molar-refractivity contribution is 7.84. The van der Waals surface area contributed by atoms with Gasteiger partial charge in [-0.2, -0.15) is 0 Å². The number of carbonyl (C=O) groups excluding carboxylic acids is 2. The van der Waals surface area contributed by atoms with Gasteiger partial charge >= 0.3 is 0 Å². The fourth-order valence-electron chi connectivity index (χ4n) is 4.05. The molecule has 0 aliphatic carbocycles. The van der Waals surface area contributed by atoms with Gasteiger partial charge in [-0.05, 0) is 69.0 Å². The van der Waals surface area contributed by atoms with Gasteiger partial charge in [0, 0.05) is 44.5 Å². The predicted octanol–water partition coefficient (Wildman–Crippen LogP) is 3.97. The molecule has 1 aliphatic heterocycles. The molecule has 1 saturated heterocycles. The zero-order valence-electron chi connectivity index (χ0n) is 22.2. The standard InChI is InChI=1S/C27H37N7O2S/c1-6-17(2)18(3)14-23(37)32-26-24(25(28)35)29-15-22(31-26)34-13-7-8-20(16-34)30-27(36)19-9-11-21(12-10-19)33(4)5/h9-12,14-15,20,37H,6-8,13,16H2,1-5H3,(H2,28,35)(H,30,36)(H,31,32)/b18-17?,23-14-/t20-/m1/s1. The normalized spacial score (nSPS) is 16.6. The first-order valence-electron chi connectivity index (χ1n) is 12.4. The first kappa shape index (κ1) is 28.0. The number of thiol groups is 1. The number of piperidine rings is 1. The van der Waals surface area contributed by atoms with Gasteiger partial charge in [0.25, 0.3) is 11.8 Å². The third-order valence-corrected chi connectivity index (χ3v) is 6.76. The zero-order valence-corrected chi connectivity index (χ0v) is 23.1. The second-order valence-corrected chi connectivity index (χ2v) is 9.94. The van der Waals surface area contributed by atoms with Crippen molar-refractivity contribution in [3.8, 4) is 0 Å². The number of hydrogen-bond donors (Lipinski definition) is 4. The van der Waals surface area contributed by atoms with Crippen LogP contribution < -0.4 is 26.2 Å². The molecule has 1 fully saturated rings. The molecular weight excluding hydrogens is 486 g/mol. The van der Waals surface area contributed by atoms with Crippen molar-refractivity contribution < 1.29 is 9.59 Å². The molecule has 10 heteroatoms. The predicted molar refractivity (Wildman–Crippen MR) is 153 cm³/mol. The number of rotatable bonds is 9. The van der Waals surface area contributed by atoms with Crippen LogP contribution in [-0.2, 0) is 0 Å². The number of primary amides is 1. The number of hydrogen-bond acceptors (Lipinski definition) is 8. The average Bonchev–Trinajstić information content (AvgIpc) is 2.88. The van der Waals surface area contributed by atoms with Gasteiger partial charge in [-0.25, -0.2) is 9.97 Å². The molecule has 9 nitrogen and oxygen atoms in total. The topological polar surface area (TPSA) is 116 Å². The zero-order chi connectivity index (χ0) is 27.1. The summed E-state index contributed by atoms with van der Waals surface area (Å²) in [6.07, 6.45) is 6.11. The van der Waals surface area contributed by atoms with E-state index in [1.54, 1.807) is 6.20 Å². The van der Waals surface area contributed by atoms with Gasteiger partial charge in [0.2, 0.25) is 0 Å². The van der Waals surface area contributed by atoms with E-state index in [0.717, 1.165) is 37.1 Å². The summed E-state index contributed by atoms with van der Waals surface area (Å²) in [6.45, 7) is 7.49. The Labute approximate surface area is 224 Å². The molecule has 2 aromatic rings. The molecule has 37 heavy (non-hydrogen) atoms. The fraction of sp³-hybridized carbons (Fsp3) is 0.407. The van der Waals surface area contributed by atoms with Crippen LogP contribution >= 0.6 is 12.6 Å².